The van der Waals surface area contributed by atoms with Crippen molar-refractivity contribution in [3.63, 3.8) is 0 Å². The van der Waals surface area contributed by atoms with Gasteiger partial charge in [-0.15, -0.1) is 13.2 Å². The Hall–Kier alpha value is -3.67. The Morgan fingerprint density at radius 1 is 1.23 bits per heavy atom. The van der Waals surface area contributed by atoms with E-state index in [1.165, 1.54) is 6.07 Å². The van der Waals surface area contributed by atoms with Gasteiger partial charge >= 0.3 is 18.6 Å². The molecule has 0 spiro atoms. The van der Waals surface area contributed by atoms with E-state index in [4.69, 9.17) is 9.47 Å². The van der Waals surface area contributed by atoms with Crippen LogP contribution < -0.4 is 10.6 Å². The van der Waals surface area contributed by atoms with Gasteiger partial charge in [0.2, 0.25) is 5.95 Å². The molecule has 0 unspecified atom stereocenters. The van der Waals surface area contributed by atoms with Crippen LogP contribution in [0.15, 0.2) is 18.5 Å². The van der Waals surface area contributed by atoms with E-state index in [-0.39, 0.29) is 29.6 Å². The molecule has 3 N–H and O–H groups in total. The van der Waals surface area contributed by atoms with E-state index in [1.54, 1.807) is 0 Å². The fourth-order valence-corrected chi connectivity index (χ4v) is 5.16. The summed E-state index contributed by atoms with van der Waals surface area (Å²) in [5, 5.41) is 11.9. The molecule has 3 aliphatic carbocycles. The maximum absolute atomic E-state index is 15.1. The number of hydrogen-bond acceptors (Lipinski definition) is 8. The number of fused-ring (bicyclic) bond motifs is 1. The summed E-state index contributed by atoms with van der Waals surface area (Å²) in [6.45, 7) is -1.34. The Morgan fingerprint density at radius 2 is 1.98 bits per heavy atom. The van der Waals surface area contributed by atoms with E-state index in [9.17, 15) is 31.1 Å². The van der Waals surface area contributed by atoms with Crippen molar-refractivity contribution in [3.8, 4) is 0 Å². The number of anilines is 2. The van der Waals surface area contributed by atoms with Gasteiger partial charge in [-0.05, 0) is 25.2 Å². The lowest BCUT2D eigenvalue weighted by Crippen LogP contribution is -2.68. The Bertz CT molecular complexity index is 1420. The number of ether oxygens (including phenoxy) is 3. The number of alkyl carbamates (subject to hydrolysis) is 1. The number of rotatable bonds is 7. The second-order valence-corrected chi connectivity index (χ2v) is 10.0. The summed E-state index contributed by atoms with van der Waals surface area (Å²) in [7, 11) is 0. The molecule has 1 aliphatic heterocycles. The van der Waals surface area contributed by atoms with Gasteiger partial charge in [0.05, 0.1) is 24.6 Å². The van der Waals surface area contributed by atoms with Crippen LogP contribution in [0, 0.1) is 5.92 Å². The predicted molar refractivity (Wildman–Crippen MR) is 118 cm³/mol. The van der Waals surface area contributed by atoms with Crippen LogP contribution in [0.5, 0.6) is 0 Å². The molecular formula is C22H20F7N7O4. The van der Waals surface area contributed by atoms with Crippen LogP contribution in [0.3, 0.4) is 0 Å². The van der Waals surface area contributed by atoms with Crippen molar-refractivity contribution >= 4 is 23.5 Å². The first-order valence-corrected chi connectivity index (χ1v) is 12.0. The quantitative estimate of drug-likeness (QED) is 0.354. The largest absolute Gasteiger partial charge is 0.522 e. The molecule has 3 aromatic heterocycles. The number of aromatic amines is 1. The second kappa shape index (κ2) is 9.18. The Kier molecular flexibility index (Phi) is 6.10. The van der Waals surface area contributed by atoms with E-state index in [1.807, 2.05) is 0 Å². The first-order valence-electron chi connectivity index (χ1n) is 12.0. The van der Waals surface area contributed by atoms with Gasteiger partial charge < -0.3 is 20.1 Å². The van der Waals surface area contributed by atoms with E-state index in [0.717, 1.165) is 29.9 Å². The Morgan fingerprint density at radius 3 is 2.62 bits per heavy atom. The first-order chi connectivity index (χ1) is 18.8. The van der Waals surface area contributed by atoms with Crippen LogP contribution in [-0.4, -0.2) is 61.4 Å². The van der Waals surface area contributed by atoms with Crippen molar-refractivity contribution < 1.29 is 49.7 Å². The Balaban J connectivity index is 1.16. The zero-order valence-electron chi connectivity index (χ0n) is 20.1. The fourth-order valence-electron chi connectivity index (χ4n) is 5.16. The van der Waals surface area contributed by atoms with E-state index in [0.29, 0.717) is 12.1 Å². The lowest BCUT2D eigenvalue weighted by molar-refractivity contribution is -0.330. The average molecular weight is 579 g/mol. The van der Waals surface area contributed by atoms with Gasteiger partial charge in [0, 0.05) is 24.0 Å². The highest BCUT2D eigenvalue weighted by molar-refractivity contribution is 5.69. The molecule has 18 heteroatoms. The molecule has 4 heterocycles. The highest BCUT2D eigenvalue weighted by Crippen LogP contribution is 2.57. The van der Waals surface area contributed by atoms with Crippen LogP contribution in [0.2, 0.25) is 0 Å². The maximum Gasteiger partial charge on any atom is 0.522 e. The molecule has 4 fully saturated rings. The van der Waals surface area contributed by atoms with Gasteiger partial charge in [-0.1, -0.05) is 0 Å². The predicted octanol–water partition coefficient (Wildman–Crippen LogP) is 4.31. The van der Waals surface area contributed by atoms with Gasteiger partial charge in [-0.2, -0.15) is 18.3 Å². The third-order valence-corrected chi connectivity index (χ3v) is 7.12. The maximum atomic E-state index is 15.1. The highest BCUT2D eigenvalue weighted by atomic mass is 19.4. The summed E-state index contributed by atoms with van der Waals surface area (Å²) in [6, 6.07) is 1.30. The lowest BCUT2D eigenvalue weighted by Gasteiger charge is -2.61. The number of halogens is 7. The zero-order valence-corrected chi connectivity index (χ0v) is 20.1. The summed E-state index contributed by atoms with van der Waals surface area (Å²) < 4.78 is 108. The fraction of sp³-hybridized carbons (Fsp3) is 0.545. The lowest BCUT2D eigenvalue weighted by atomic mass is 9.50. The van der Waals surface area contributed by atoms with Gasteiger partial charge in [-0.3, -0.25) is 14.2 Å². The summed E-state index contributed by atoms with van der Waals surface area (Å²) in [6.07, 6.45) is -10.7. The number of carbonyl (C=O) groups is 1. The van der Waals surface area contributed by atoms with Gasteiger partial charge in [-0.25, -0.2) is 19.2 Å². The molecule has 3 aromatic rings. The monoisotopic (exact) mass is 579 g/mol. The number of imidazole rings is 1. The standard InChI is InChI=1S/C22H20F7N7O4/c23-15-13(40-19(37)33-20-2-9(3-20)4-20)8-38-16(15)12-1-14(35-34-12)32-18-30-5-11(21(24,25)26)17-31-10(6-36(17)18)7-39-22(27,28)29/h1,5-6,9,13,15-16H,2-4,7-8H2,(H,33,37)(H2,30,32,34,35)/t9?,13-,15-,16-,20?/m0/s1. The highest BCUT2D eigenvalue weighted by Gasteiger charge is 2.58. The molecule has 3 atom stereocenters. The number of alkyl halides is 7. The SMILES string of the molecule is O=C(NC12CC(C1)C2)O[C@H]1CO[C@@H](c2cc(Nc3ncc(C(F)(F)F)c4nc(COC(F)(F)F)cn34)n[nH]2)[C@H]1F. The van der Waals surface area contributed by atoms with E-state index >= 15 is 4.39 Å². The molecule has 0 aromatic carbocycles. The smallest absolute Gasteiger partial charge is 0.441 e. The van der Waals surface area contributed by atoms with E-state index in [2.05, 4.69) is 35.5 Å². The molecule has 2 bridgehead atoms. The first kappa shape index (κ1) is 26.5. The minimum Gasteiger partial charge on any atom is -0.441 e. The van der Waals surface area contributed by atoms with Crippen molar-refractivity contribution in [1.29, 1.82) is 0 Å². The number of nitrogens with one attached hydrogen (secondary N) is 3. The normalized spacial score (nSPS) is 27.8. The minimum absolute atomic E-state index is 0.0214. The van der Waals surface area contributed by atoms with Gasteiger partial charge in [0.1, 0.15) is 11.7 Å². The van der Waals surface area contributed by atoms with Crippen LogP contribution >= 0.6 is 0 Å². The summed E-state index contributed by atoms with van der Waals surface area (Å²) in [5.41, 5.74) is -2.56. The van der Waals surface area contributed by atoms with Crippen molar-refractivity contribution in [2.45, 2.75) is 62.3 Å². The topological polar surface area (TPSA) is 128 Å². The summed E-state index contributed by atoms with van der Waals surface area (Å²) in [4.78, 5) is 19.5. The summed E-state index contributed by atoms with van der Waals surface area (Å²) >= 11 is 0. The minimum atomic E-state index is -5.02. The molecule has 1 saturated heterocycles. The van der Waals surface area contributed by atoms with Crippen molar-refractivity contribution in [2.75, 3.05) is 11.9 Å². The number of nitrogens with zero attached hydrogens (tertiary/aromatic N) is 4. The molecule has 3 saturated carbocycles. The zero-order chi connectivity index (χ0) is 28.4. The summed E-state index contributed by atoms with van der Waals surface area (Å²) in [5.74, 6) is 0.332. The van der Waals surface area contributed by atoms with Crippen LogP contribution in [0.1, 0.15) is 42.3 Å². The molecule has 0 radical (unpaired) electrons. The molecule has 1 amide bonds. The van der Waals surface area contributed by atoms with Crippen LogP contribution in [0.25, 0.3) is 5.65 Å². The molecule has 4 aliphatic rings. The van der Waals surface area contributed by atoms with Crippen LogP contribution in [-0.2, 0) is 27.0 Å². The van der Waals surface area contributed by atoms with Crippen molar-refractivity contribution in [1.82, 2.24) is 29.9 Å². The number of amides is 1. The number of carbonyl (C=O) groups excluding carboxylic acids is 1. The average Bonchev–Trinajstić information content (AvgIpc) is 3.52. The Labute approximate surface area is 219 Å². The van der Waals surface area contributed by atoms with Crippen molar-refractivity contribution in [3.05, 3.63) is 35.4 Å². The molecule has 11 nitrogen and oxygen atoms in total. The molecular weight excluding hydrogens is 559 g/mol. The second-order valence-electron chi connectivity index (χ2n) is 10.0. The van der Waals surface area contributed by atoms with E-state index < -0.39 is 60.5 Å². The van der Waals surface area contributed by atoms with Crippen molar-refractivity contribution in [2.24, 2.45) is 5.92 Å². The third kappa shape index (κ3) is 5.00. The number of hydrogen-bond donors (Lipinski definition) is 3. The van der Waals surface area contributed by atoms with Gasteiger partial charge in [0.25, 0.3) is 0 Å². The van der Waals surface area contributed by atoms with Gasteiger partial charge in [0.15, 0.2) is 23.7 Å². The molecule has 40 heavy (non-hydrogen) atoms. The third-order valence-electron chi connectivity index (χ3n) is 7.12. The van der Waals surface area contributed by atoms with Crippen LogP contribution in [0.4, 0.5) is 47.3 Å². The number of aromatic nitrogens is 5. The number of H-pyrrole nitrogens is 1. The molecule has 216 valence electrons. The molecule has 7 rings (SSSR count).